The monoisotopic (exact) mass is 604 g/mol. The number of hydrogen-bond donors (Lipinski definition) is 1. The number of nitro groups is 1. The van der Waals surface area contributed by atoms with Gasteiger partial charge in [-0.05, 0) is 67.3 Å². The Bertz CT molecular complexity index is 1770. The summed E-state index contributed by atoms with van der Waals surface area (Å²) in [6.45, 7) is 1.59. The van der Waals surface area contributed by atoms with Crippen LogP contribution in [0.15, 0.2) is 83.3 Å². The Balaban J connectivity index is 1.60. The average Bonchev–Trinajstić information content (AvgIpc) is 2.99. The zero-order chi connectivity index (χ0) is 31.8. The molecule has 0 unspecified atom stereocenters. The molecule has 44 heavy (non-hydrogen) atoms. The number of nitro benzene ring substituents is 1. The number of nitriles is 1. The molecule has 3 aromatic rings. The van der Waals surface area contributed by atoms with Crippen LogP contribution in [0.3, 0.4) is 0 Å². The molecule has 2 N–H and O–H groups in total. The minimum Gasteiger partial charge on any atom is -0.496 e. The molecule has 1 aliphatic heterocycles. The maximum atomic E-state index is 13.6. The number of ketones is 1. The van der Waals surface area contributed by atoms with Crippen molar-refractivity contribution in [2.45, 2.75) is 44.9 Å². The smallest absolute Gasteiger partial charge is 0.416 e. The van der Waals surface area contributed by atoms with E-state index in [1.807, 2.05) is 0 Å². The van der Waals surface area contributed by atoms with Crippen LogP contribution in [0.25, 0.3) is 0 Å². The number of Topliss-reactive ketones (excluding diaryl/α,β-unsaturated/α-hetero) is 1. The molecule has 12 heteroatoms. The number of alkyl halides is 3. The van der Waals surface area contributed by atoms with Gasteiger partial charge >= 0.3 is 11.9 Å². The van der Waals surface area contributed by atoms with Crippen LogP contribution in [0, 0.1) is 28.4 Å². The quantitative estimate of drug-likeness (QED) is 0.230. The maximum Gasteiger partial charge on any atom is 0.416 e. The summed E-state index contributed by atoms with van der Waals surface area (Å²) >= 11 is 0. The molecule has 0 saturated carbocycles. The van der Waals surface area contributed by atoms with Gasteiger partial charge in [0.25, 0.3) is 0 Å². The number of allylic oxidation sites excluding steroid dienone is 3. The fraction of sp³-hybridized carbons (Fsp3) is 0.250. The van der Waals surface area contributed by atoms with Gasteiger partial charge < -0.3 is 15.2 Å². The number of benzene rings is 3. The number of anilines is 1. The normalized spacial score (nSPS) is 16.9. The number of nitrogens with two attached hydrogens (primary N) is 1. The fourth-order valence-electron chi connectivity index (χ4n) is 5.67. The lowest BCUT2D eigenvalue weighted by molar-refractivity contribution is -0.386. The molecule has 9 nitrogen and oxygen atoms in total. The van der Waals surface area contributed by atoms with Crippen molar-refractivity contribution in [1.29, 1.82) is 5.26 Å². The highest BCUT2D eigenvalue weighted by atomic mass is 19.4. The molecule has 1 atom stereocenters. The van der Waals surface area contributed by atoms with Gasteiger partial charge in [-0.15, -0.1) is 0 Å². The van der Waals surface area contributed by atoms with Gasteiger partial charge in [-0.1, -0.05) is 18.2 Å². The number of carbonyl (C=O) groups is 1. The van der Waals surface area contributed by atoms with Crippen molar-refractivity contribution < 1.29 is 32.4 Å². The third-order valence-corrected chi connectivity index (χ3v) is 7.68. The van der Waals surface area contributed by atoms with Crippen LogP contribution < -0.4 is 20.1 Å². The summed E-state index contributed by atoms with van der Waals surface area (Å²) in [6.07, 6.45) is -3.58. The van der Waals surface area contributed by atoms with Crippen molar-refractivity contribution in [1.82, 2.24) is 0 Å². The minimum absolute atomic E-state index is 0.00243. The molecule has 0 saturated heterocycles. The van der Waals surface area contributed by atoms with Crippen molar-refractivity contribution in [3.8, 4) is 17.6 Å². The molecular weight excluding hydrogens is 577 g/mol. The van der Waals surface area contributed by atoms with E-state index >= 15 is 0 Å². The second-order valence-electron chi connectivity index (χ2n) is 10.5. The van der Waals surface area contributed by atoms with Crippen LogP contribution in [0.5, 0.6) is 11.5 Å². The predicted molar refractivity (Wildman–Crippen MR) is 155 cm³/mol. The summed E-state index contributed by atoms with van der Waals surface area (Å²) in [4.78, 5) is 25.9. The Hall–Kier alpha value is -5.31. The standard InChI is InChI=1S/C32H27F3N4O5/c1-18-9-11-28(25(13-18)39(41)42)44-17-20-14-19(10-12-27(20)43-2)29-23(16-36)31(37)38(24-7-4-8-26(40)30(24)29)22-6-3-5-21(15-22)32(33,34)35/h3,5-6,9-15,29H,4,7-8,17,37H2,1-2H3/t29-/m1/s1. The van der Waals surface area contributed by atoms with E-state index in [2.05, 4.69) is 6.07 Å². The van der Waals surface area contributed by atoms with E-state index in [1.54, 1.807) is 31.2 Å². The molecule has 0 spiro atoms. The van der Waals surface area contributed by atoms with E-state index in [0.717, 1.165) is 12.1 Å². The molecule has 0 amide bonds. The number of halogens is 3. The number of ether oxygens (including phenoxy) is 2. The molecule has 2 aliphatic rings. The number of methoxy groups -OCH3 is 1. The first-order valence-electron chi connectivity index (χ1n) is 13.6. The molecule has 0 fully saturated rings. The van der Waals surface area contributed by atoms with Crippen molar-refractivity contribution in [3.63, 3.8) is 0 Å². The first-order valence-corrected chi connectivity index (χ1v) is 13.6. The third-order valence-electron chi connectivity index (χ3n) is 7.68. The van der Waals surface area contributed by atoms with E-state index < -0.39 is 22.6 Å². The van der Waals surface area contributed by atoms with Gasteiger partial charge in [-0.2, -0.15) is 18.4 Å². The van der Waals surface area contributed by atoms with E-state index in [1.165, 1.54) is 36.3 Å². The first-order chi connectivity index (χ1) is 20.9. The number of aryl methyl sites for hydroxylation is 1. The highest BCUT2D eigenvalue weighted by molar-refractivity contribution is 6.01. The van der Waals surface area contributed by atoms with Gasteiger partial charge in [0, 0.05) is 35.0 Å². The van der Waals surface area contributed by atoms with Crippen LogP contribution in [0.4, 0.5) is 24.5 Å². The first kappa shape index (κ1) is 30.2. The lowest BCUT2D eigenvalue weighted by Crippen LogP contribution is -2.38. The molecular formula is C32H27F3N4O5. The summed E-state index contributed by atoms with van der Waals surface area (Å²) in [5.74, 6) is -0.754. The highest BCUT2D eigenvalue weighted by Crippen LogP contribution is 2.47. The summed E-state index contributed by atoms with van der Waals surface area (Å²) in [7, 11) is 1.45. The maximum absolute atomic E-state index is 13.6. The summed E-state index contributed by atoms with van der Waals surface area (Å²) in [5.41, 5.74) is 7.94. The van der Waals surface area contributed by atoms with Crippen molar-refractivity contribution >= 4 is 17.2 Å². The van der Waals surface area contributed by atoms with Gasteiger partial charge in [-0.3, -0.25) is 19.8 Å². The largest absolute Gasteiger partial charge is 0.496 e. The average molecular weight is 605 g/mol. The molecule has 1 heterocycles. The van der Waals surface area contributed by atoms with Crippen molar-refractivity contribution in [3.05, 3.63) is 116 Å². The van der Waals surface area contributed by atoms with Crippen LogP contribution in [-0.4, -0.2) is 17.8 Å². The van der Waals surface area contributed by atoms with E-state index in [-0.39, 0.29) is 52.9 Å². The number of nitrogens with zero attached hydrogens (tertiary/aromatic N) is 3. The van der Waals surface area contributed by atoms with E-state index in [9.17, 15) is 33.3 Å². The van der Waals surface area contributed by atoms with Crippen molar-refractivity contribution in [2.24, 2.45) is 5.73 Å². The van der Waals surface area contributed by atoms with Gasteiger partial charge in [0.2, 0.25) is 0 Å². The van der Waals surface area contributed by atoms with Crippen LogP contribution in [0.1, 0.15) is 47.4 Å². The fourth-order valence-corrected chi connectivity index (χ4v) is 5.67. The highest BCUT2D eigenvalue weighted by Gasteiger charge is 2.41. The lowest BCUT2D eigenvalue weighted by Gasteiger charge is -2.40. The number of carbonyl (C=O) groups excluding carboxylic acids is 1. The van der Waals surface area contributed by atoms with Gasteiger partial charge in [0.1, 0.15) is 18.2 Å². The number of rotatable bonds is 7. The summed E-state index contributed by atoms with van der Waals surface area (Å²) in [6, 6.07) is 16.3. The number of hydrogen-bond acceptors (Lipinski definition) is 8. The molecule has 5 rings (SSSR count). The van der Waals surface area contributed by atoms with E-state index in [4.69, 9.17) is 15.2 Å². The molecule has 0 aromatic heterocycles. The topological polar surface area (TPSA) is 132 Å². The lowest BCUT2D eigenvalue weighted by atomic mass is 9.75. The van der Waals surface area contributed by atoms with Crippen LogP contribution in [0.2, 0.25) is 0 Å². The molecule has 0 bridgehead atoms. The Morgan fingerprint density at radius 3 is 2.55 bits per heavy atom. The molecule has 226 valence electrons. The zero-order valence-electron chi connectivity index (χ0n) is 23.8. The van der Waals surface area contributed by atoms with Crippen LogP contribution in [-0.2, 0) is 17.6 Å². The SMILES string of the molecule is COc1ccc([C@@H]2C(C#N)=C(N)N(c3cccc(C(F)(F)F)c3)C3=C2C(=O)CCC3)cc1COc1ccc(C)cc1[N+](=O)[O-]. The van der Waals surface area contributed by atoms with Crippen LogP contribution >= 0.6 is 0 Å². The summed E-state index contributed by atoms with van der Waals surface area (Å²) < 4.78 is 52.0. The van der Waals surface area contributed by atoms with E-state index in [0.29, 0.717) is 41.0 Å². The third kappa shape index (κ3) is 5.56. The van der Waals surface area contributed by atoms with Gasteiger partial charge in [0.05, 0.1) is 35.2 Å². The Kier molecular flexibility index (Phi) is 8.06. The zero-order valence-corrected chi connectivity index (χ0v) is 23.8. The van der Waals surface area contributed by atoms with Gasteiger partial charge in [0.15, 0.2) is 11.5 Å². The molecule has 1 aliphatic carbocycles. The molecule has 3 aromatic carbocycles. The summed E-state index contributed by atoms with van der Waals surface area (Å²) in [5, 5.41) is 21.9. The Morgan fingerprint density at radius 2 is 1.86 bits per heavy atom. The van der Waals surface area contributed by atoms with Crippen molar-refractivity contribution in [2.75, 3.05) is 12.0 Å². The molecule has 0 radical (unpaired) electrons. The van der Waals surface area contributed by atoms with Gasteiger partial charge in [-0.25, -0.2) is 0 Å². The predicted octanol–water partition coefficient (Wildman–Crippen LogP) is 6.81. The minimum atomic E-state index is -4.61. The Morgan fingerprint density at radius 1 is 1.11 bits per heavy atom. The Labute approximate surface area is 250 Å². The second-order valence-corrected chi connectivity index (χ2v) is 10.5. The second kappa shape index (κ2) is 11.8.